The molecule has 146 valence electrons. The van der Waals surface area contributed by atoms with Crippen molar-refractivity contribution in [2.24, 2.45) is 11.7 Å². The van der Waals surface area contributed by atoms with Crippen LogP contribution in [0.2, 0.25) is 0 Å². The standard InChI is InChI=1S/C23H26N2O3/c24-18(13-14-21(26)27)22-16-9-4-5-11-19(16)25(20-12-6-10-17(20)22)23(28)15-7-2-1-3-8-15/h1-5,7-9,11,17-18,20,22H,6,10,12-14,24H2,(H,26,27). The third kappa shape index (κ3) is 3.31. The summed E-state index contributed by atoms with van der Waals surface area (Å²) in [5, 5.41) is 9.08. The first kappa shape index (κ1) is 18.7. The maximum absolute atomic E-state index is 13.4. The topological polar surface area (TPSA) is 83.6 Å². The highest BCUT2D eigenvalue weighted by Gasteiger charge is 2.47. The Morgan fingerprint density at radius 2 is 1.79 bits per heavy atom. The summed E-state index contributed by atoms with van der Waals surface area (Å²) in [6.07, 6.45) is 3.56. The predicted octanol–water partition coefficient (Wildman–Crippen LogP) is 3.79. The Labute approximate surface area is 165 Å². The number of aliphatic carboxylic acids is 1. The molecule has 1 aliphatic carbocycles. The van der Waals surface area contributed by atoms with E-state index in [9.17, 15) is 9.59 Å². The molecule has 2 aromatic carbocycles. The molecule has 3 N–H and O–H groups in total. The van der Waals surface area contributed by atoms with Crippen LogP contribution < -0.4 is 10.6 Å². The quantitative estimate of drug-likeness (QED) is 0.829. The van der Waals surface area contributed by atoms with E-state index >= 15 is 0 Å². The van der Waals surface area contributed by atoms with Crippen LogP contribution in [-0.4, -0.2) is 29.1 Å². The monoisotopic (exact) mass is 378 g/mol. The number of nitrogens with zero attached hydrogens (tertiary/aromatic N) is 1. The zero-order chi connectivity index (χ0) is 19.7. The van der Waals surface area contributed by atoms with Crippen molar-refractivity contribution in [3.8, 4) is 0 Å². The minimum atomic E-state index is -0.816. The van der Waals surface area contributed by atoms with Crippen molar-refractivity contribution >= 4 is 17.6 Å². The number of carbonyl (C=O) groups is 2. The van der Waals surface area contributed by atoms with Gasteiger partial charge in [0, 0.05) is 35.7 Å². The number of fused-ring (bicyclic) bond motifs is 2. The lowest BCUT2D eigenvalue weighted by atomic mass is 9.72. The van der Waals surface area contributed by atoms with E-state index < -0.39 is 5.97 Å². The van der Waals surface area contributed by atoms with Gasteiger partial charge in [-0.05, 0) is 48.9 Å². The molecule has 1 aliphatic heterocycles. The number of carboxylic acid groups (broad SMARTS) is 1. The summed E-state index contributed by atoms with van der Waals surface area (Å²) in [6, 6.07) is 17.3. The molecule has 2 aliphatic rings. The Kier molecular flexibility index (Phi) is 5.18. The fourth-order valence-electron chi connectivity index (χ4n) is 5.10. The number of nitrogens with two attached hydrogens (primary N) is 1. The molecule has 0 aromatic heterocycles. The van der Waals surface area contributed by atoms with Crippen LogP contribution in [0.3, 0.4) is 0 Å². The number of carbonyl (C=O) groups excluding carboxylic acids is 1. The summed E-state index contributed by atoms with van der Waals surface area (Å²) in [5.74, 6) is -0.430. The Morgan fingerprint density at radius 3 is 2.54 bits per heavy atom. The molecule has 1 heterocycles. The Hall–Kier alpha value is -2.66. The normalized spacial score (nSPS) is 24.3. The van der Waals surface area contributed by atoms with Crippen molar-refractivity contribution in [2.75, 3.05) is 4.90 Å². The number of hydrogen-bond acceptors (Lipinski definition) is 3. The fourth-order valence-corrected chi connectivity index (χ4v) is 5.10. The minimum Gasteiger partial charge on any atom is -0.481 e. The third-order valence-electron chi connectivity index (χ3n) is 6.27. The summed E-state index contributed by atoms with van der Waals surface area (Å²) in [7, 11) is 0. The first-order valence-electron chi connectivity index (χ1n) is 10.0. The average Bonchev–Trinajstić information content (AvgIpc) is 3.19. The van der Waals surface area contributed by atoms with Crippen molar-refractivity contribution in [3.63, 3.8) is 0 Å². The summed E-state index contributed by atoms with van der Waals surface area (Å²) in [5.41, 5.74) is 9.23. The van der Waals surface area contributed by atoms with Gasteiger partial charge in [-0.3, -0.25) is 9.59 Å². The van der Waals surface area contributed by atoms with E-state index in [0.29, 0.717) is 12.0 Å². The van der Waals surface area contributed by atoms with Crippen molar-refractivity contribution in [2.45, 2.75) is 50.1 Å². The molecule has 4 rings (SSSR count). The number of rotatable bonds is 5. The molecule has 0 bridgehead atoms. The van der Waals surface area contributed by atoms with Crippen LogP contribution in [0.5, 0.6) is 0 Å². The second-order valence-electron chi connectivity index (χ2n) is 7.88. The van der Waals surface area contributed by atoms with Crippen molar-refractivity contribution in [1.82, 2.24) is 0 Å². The van der Waals surface area contributed by atoms with Crippen molar-refractivity contribution in [1.29, 1.82) is 0 Å². The van der Waals surface area contributed by atoms with E-state index in [4.69, 9.17) is 10.8 Å². The van der Waals surface area contributed by atoms with Gasteiger partial charge in [0.1, 0.15) is 0 Å². The van der Waals surface area contributed by atoms with Gasteiger partial charge < -0.3 is 15.7 Å². The molecule has 1 fully saturated rings. The molecular weight excluding hydrogens is 352 g/mol. The van der Waals surface area contributed by atoms with Gasteiger partial charge in [0.05, 0.1) is 0 Å². The number of hydrogen-bond donors (Lipinski definition) is 2. The molecule has 0 saturated heterocycles. The van der Waals surface area contributed by atoms with Crippen LogP contribution in [0, 0.1) is 5.92 Å². The van der Waals surface area contributed by atoms with Gasteiger partial charge in [0.25, 0.3) is 5.91 Å². The molecule has 4 unspecified atom stereocenters. The van der Waals surface area contributed by atoms with Gasteiger partial charge in [-0.2, -0.15) is 0 Å². The van der Waals surface area contributed by atoms with Crippen LogP contribution >= 0.6 is 0 Å². The molecular formula is C23H26N2O3. The summed E-state index contributed by atoms with van der Waals surface area (Å²) < 4.78 is 0. The number of para-hydroxylation sites is 1. The van der Waals surface area contributed by atoms with E-state index in [-0.39, 0.29) is 36.2 Å². The van der Waals surface area contributed by atoms with Crippen LogP contribution in [0.4, 0.5) is 5.69 Å². The van der Waals surface area contributed by atoms with Gasteiger partial charge in [0.2, 0.25) is 0 Å². The minimum absolute atomic E-state index is 0.0301. The van der Waals surface area contributed by atoms with E-state index in [1.54, 1.807) is 0 Å². The average molecular weight is 378 g/mol. The number of benzene rings is 2. The van der Waals surface area contributed by atoms with Crippen molar-refractivity contribution in [3.05, 3.63) is 65.7 Å². The molecule has 2 aromatic rings. The summed E-state index contributed by atoms with van der Waals surface area (Å²) in [4.78, 5) is 26.4. The van der Waals surface area contributed by atoms with Gasteiger partial charge >= 0.3 is 5.97 Å². The van der Waals surface area contributed by atoms with Crippen LogP contribution in [0.1, 0.15) is 53.9 Å². The predicted molar refractivity (Wildman–Crippen MR) is 108 cm³/mol. The molecule has 0 radical (unpaired) electrons. The number of amides is 1. The number of carboxylic acids is 1. The van der Waals surface area contributed by atoms with Crippen LogP contribution in [0.25, 0.3) is 0 Å². The SMILES string of the molecule is NC(CCC(=O)O)C1c2ccccc2N(C(=O)c2ccccc2)C2CCCC12. The largest absolute Gasteiger partial charge is 0.481 e. The molecule has 5 nitrogen and oxygen atoms in total. The van der Waals surface area contributed by atoms with Crippen LogP contribution in [-0.2, 0) is 4.79 Å². The van der Waals surface area contributed by atoms with E-state index in [1.165, 1.54) is 0 Å². The highest BCUT2D eigenvalue weighted by Crippen LogP contribution is 2.50. The van der Waals surface area contributed by atoms with Gasteiger partial charge in [0.15, 0.2) is 0 Å². The Morgan fingerprint density at radius 1 is 1.07 bits per heavy atom. The zero-order valence-electron chi connectivity index (χ0n) is 15.8. The highest BCUT2D eigenvalue weighted by atomic mass is 16.4. The maximum atomic E-state index is 13.4. The molecule has 0 spiro atoms. The van der Waals surface area contributed by atoms with Gasteiger partial charge in [-0.1, -0.05) is 42.8 Å². The van der Waals surface area contributed by atoms with E-state index in [1.807, 2.05) is 53.4 Å². The summed E-state index contributed by atoms with van der Waals surface area (Å²) >= 11 is 0. The van der Waals surface area contributed by atoms with E-state index in [2.05, 4.69) is 6.07 Å². The second kappa shape index (κ2) is 7.76. The third-order valence-corrected chi connectivity index (χ3v) is 6.27. The molecule has 28 heavy (non-hydrogen) atoms. The first-order chi connectivity index (χ1) is 13.6. The lowest BCUT2D eigenvalue weighted by Gasteiger charge is -2.45. The number of anilines is 1. The maximum Gasteiger partial charge on any atom is 0.303 e. The Balaban J connectivity index is 1.74. The lowest BCUT2D eigenvalue weighted by molar-refractivity contribution is -0.137. The highest BCUT2D eigenvalue weighted by molar-refractivity contribution is 6.07. The fraction of sp³-hybridized carbons (Fsp3) is 0.391. The van der Waals surface area contributed by atoms with Crippen LogP contribution in [0.15, 0.2) is 54.6 Å². The molecule has 1 amide bonds. The smallest absolute Gasteiger partial charge is 0.303 e. The molecule has 4 atom stereocenters. The summed E-state index contributed by atoms with van der Waals surface area (Å²) in [6.45, 7) is 0. The second-order valence-corrected chi connectivity index (χ2v) is 7.88. The van der Waals surface area contributed by atoms with Crippen molar-refractivity contribution < 1.29 is 14.7 Å². The zero-order valence-corrected chi connectivity index (χ0v) is 15.8. The van der Waals surface area contributed by atoms with Gasteiger partial charge in [-0.15, -0.1) is 0 Å². The van der Waals surface area contributed by atoms with Gasteiger partial charge in [-0.25, -0.2) is 0 Å². The molecule has 1 saturated carbocycles. The van der Waals surface area contributed by atoms with E-state index in [0.717, 1.165) is 30.5 Å². The molecule has 5 heteroatoms. The lowest BCUT2D eigenvalue weighted by Crippen LogP contribution is -2.51. The first-order valence-corrected chi connectivity index (χ1v) is 10.0. The Bertz CT molecular complexity index is 867.